The van der Waals surface area contributed by atoms with E-state index in [9.17, 15) is 15.0 Å². The second-order valence-electron chi connectivity index (χ2n) is 3.32. The van der Waals surface area contributed by atoms with E-state index in [4.69, 9.17) is 15.9 Å². The van der Waals surface area contributed by atoms with Crippen molar-refractivity contribution in [1.29, 1.82) is 0 Å². The summed E-state index contributed by atoms with van der Waals surface area (Å²) in [6.07, 6.45) is -3.84. The molecule has 17 heavy (non-hydrogen) atoms. The Morgan fingerprint density at radius 2 is 1.82 bits per heavy atom. The minimum absolute atomic E-state index is 0. The fraction of sp³-hybridized carbons (Fsp3) is 0.889. The van der Waals surface area contributed by atoms with Crippen LogP contribution in [-0.4, -0.2) is 46.8 Å². The molecule has 4 atom stereocenters. The third-order valence-electron chi connectivity index (χ3n) is 1.78. The molecule has 0 bridgehead atoms. The molecule has 0 aromatic carbocycles. The van der Waals surface area contributed by atoms with Crippen LogP contribution in [0, 0.1) is 0 Å². The molecule has 7 N–H and O–H groups in total. The Morgan fingerprint density at radius 1 is 1.47 bits per heavy atom. The second-order valence-corrected chi connectivity index (χ2v) is 3.32. The summed E-state index contributed by atoms with van der Waals surface area (Å²) in [5.41, 5.74) is 5.01. The monoisotopic (exact) mass is 254 g/mol. The summed E-state index contributed by atoms with van der Waals surface area (Å²) >= 11 is 0. The molecule has 0 unspecified atom stereocenters. The quantitative estimate of drug-likeness (QED) is 0.312. The number of carbonyl (C=O) groups is 1. The molecule has 8 nitrogen and oxygen atoms in total. The maximum Gasteiger partial charge on any atom is 0.334 e. The highest BCUT2D eigenvalue weighted by Crippen LogP contribution is 2.20. The van der Waals surface area contributed by atoms with Gasteiger partial charge in [-0.3, -0.25) is 0 Å². The van der Waals surface area contributed by atoms with E-state index in [0.717, 1.165) is 0 Å². The number of carboxylic acids is 1. The molecule has 0 aromatic heterocycles. The van der Waals surface area contributed by atoms with Crippen molar-refractivity contribution in [2.75, 3.05) is 0 Å². The van der Waals surface area contributed by atoms with Crippen LogP contribution in [0.1, 0.15) is 21.3 Å². The number of nitrogens with two attached hydrogens (primary N) is 1. The first kappa shape index (κ1) is 21.5. The van der Waals surface area contributed by atoms with Crippen LogP contribution in [0.3, 0.4) is 0 Å². The Kier molecular flexibility index (Phi) is 11.7. The van der Waals surface area contributed by atoms with Gasteiger partial charge in [0.25, 0.3) is 0 Å². The average Bonchev–Trinajstić information content (AvgIpc) is 2.82. The van der Waals surface area contributed by atoms with Gasteiger partial charge in [0.1, 0.15) is 0 Å². The van der Waals surface area contributed by atoms with Gasteiger partial charge in [-0.25, -0.2) is 4.79 Å². The highest BCUT2D eigenvalue weighted by molar-refractivity contribution is 5.72. The van der Waals surface area contributed by atoms with Gasteiger partial charge in [-0.05, 0) is 13.8 Å². The van der Waals surface area contributed by atoms with Crippen LogP contribution < -0.4 is 22.1 Å². The molecule has 1 rings (SSSR count). The van der Waals surface area contributed by atoms with Gasteiger partial charge in [-0.15, -0.1) is 0 Å². The minimum Gasteiger partial charge on any atom is -0.864 e. The fourth-order valence-electron chi connectivity index (χ4n) is 0.713. The standard InChI is InChI=1S/C4H9NO3.C4H6O3.CH4.H3N/c1-2(5)3(6)4(7)8;1-2-3(7-2)4(5)6;;/h2-3,6H,5H2,1H3,(H,7,8);2-4H,1H3;1H4;1H3/q;-2;;/t2-,3+;2-,3-;;/m00../s1. The van der Waals surface area contributed by atoms with Crippen LogP contribution in [0.5, 0.6) is 0 Å². The number of hydrogen-bond acceptors (Lipinski definition) is 7. The number of rotatable bonds is 3. The topological polar surface area (TPSA) is 177 Å². The number of aliphatic hydroxyl groups excluding tert-OH is 1. The zero-order valence-corrected chi connectivity index (χ0v) is 9.20. The molecule has 0 amide bonds. The number of aliphatic carboxylic acids is 1. The van der Waals surface area contributed by atoms with Crippen molar-refractivity contribution in [3.63, 3.8) is 0 Å². The first-order chi connectivity index (χ1) is 6.77. The summed E-state index contributed by atoms with van der Waals surface area (Å²) in [7, 11) is 0. The summed E-state index contributed by atoms with van der Waals surface area (Å²) in [6.45, 7) is 3.15. The summed E-state index contributed by atoms with van der Waals surface area (Å²) in [5, 5.41) is 36.1. The van der Waals surface area contributed by atoms with Crippen LogP contribution in [0.4, 0.5) is 0 Å². The Labute approximate surface area is 101 Å². The largest absolute Gasteiger partial charge is 0.864 e. The highest BCUT2D eigenvalue weighted by atomic mass is 16.6. The molecule has 0 saturated carbocycles. The lowest BCUT2D eigenvalue weighted by molar-refractivity contribution is -0.660. The Hall–Kier alpha value is -0.770. The predicted octanol–water partition coefficient (Wildman–Crippen LogP) is -2.60. The maximum absolute atomic E-state index is 9.82. The normalized spacial score (nSPS) is 24.4. The van der Waals surface area contributed by atoms with Crippen LogP contribution >= 0.6 is 0 Å². The molecule has 106 valence electrons. The van der Waals surface area contributed by atoms with Crippen molar-refractivity contribution in [2.45, 2.75) is 51.9 Å². The second kappa shape index (κ2) is 9.28. The number of ether oxygens (including phenoxy) is 1. The van der Waals surface area contributed by atoms with Gasteiger partial charge in [0.2, 0.25) is 0 Å². The third-order valence-corrected chi connectivity index (χ3v) is 1.78. The molecular weight excluding hydrogens is 232 g/mol. The Balaban J connectivity index is -0.000000207. The van der Waals surface area contributed by atoms with E-state index in [-0.39, 0.29) is 19.7 Å². The van der Waals surface area contributed by atoms with E-state index in [1.165, 1.54) is 6.92 Å². The van der Waals surface area contributed by atoms with Crippen LogP contribution in [0.15, 0.2) is 0 Å². The molecule has 0 spiro atoms. The number of aliphatic hydroxyl groups is 1. The van der Waals surface area contributed by atoms with E-state index in [0.29, 0.717) is 0 Å². The van der Waals surface area contributed by atoms with Crippen molar-refractivity contribution in [3.8, 4) is 0 Å². The molecule has 1 aliphatic rings. The van der Waals surface area contributed by atoms with Crippen molar-refractivity contribution in [1.82, 2.24) is 6.15 Å². The molecule has 8 heteroatoms. The van der Waals surface area contributed by atoms with E-state index in [2.05, 4.69) is 4.74 Å². The summed E-state index contributed by atoms with van der Waals surface area (Å²) in [5.74, 6) is -1.28. The summed E-state index contributed by atoms with van der Waals surface area (Å²) in [4.78, 5) is 9.81. The lowest BCUT2D eigenvalue weighted by Crippen LogP contribution is -2.44. The Bertz CT molecular complexity index is 212. The number of carboxylic acid groups (broad SMARTS) is 1. The number of hydrogen-bond donors (Lipinski definition) is 4. The van der Waals surface area contributed by atoms with Crippen molar-refractivity contribution in [3.05, 3.63) is 0 Å². The molecule has 0 aromatic rings. The van der Waals surface area contributed by atoms with Gasteiger partial charge in [-0.1, -0.05) is 7.43 Å². The SMILES string of the molecule is C.C[C@@H]1O[C@@H]1C([O-])[O-].C[C@H](N)[C@@H](O)C(=O)O.N. The van der Waals surface area contributed by atoms with Gasteiger partial charge < -0.3 is 37.0 Å². The average molecular weight is 254 g/mol. The Morgan fingerprint density at radius 3 is 1.82 bits per heavy atom. The maximum atomic E-state index is 9.82. The van der Waals surface area contributed by atoms with Gasteiger partial charge in [0.05, 0.1) is 12.2 Å². The third kappa shape index (κ3) is 8.98. The zero-order valence-electron chi connectivity index (χ0n) is 9.20. The van der Waals surface area contributed by atoms with E-state index < -0.39 is 30.5 Å². The van der Waals surface area contributed by atoms with Gasteiger partial charge >= 0.3 is 5.97 Å². The molecule has 0 radical (unpaired) electrons. The molecule has 0 aliphatic carbocycles. The van der Waals surface area contributed by atoms with Gasteiger partial charge in [0, 0.05) is 6.04 Å². The van der Waals surface area contributed by atoms with Crippen LogP contribution in [-0.2, 0) is 9.53 Å². The zero-order chi connectivity index (χ0) is 12.2. The first-order valence-corrected chi connectivity index (χ1v) is 4.41. The lowest BCUT2D eigenvalue weighted by Gasteiger charge is -2.25. The van der Waals surface area contributed by atoms with Crippen LogP contribution in [0.25, 0.3) is 0 Å². The summed E-state index contributed by atoms with van der Waals surface area (Å²) < 4.78 is 4.55. The van der Waals surface area contributed by atoms with Crippen molar-refractivity contribution < 1.29 is 30.0 Å². The lowest BCUT2D eigenvalue weighted by atomic mass is 10.2. The number of epoxide rings is 1. The highest BCUT2D eigenvalue weighted by Gasteiger charge is 2.30. The van der Waals surface area contributed by atoms with Gasteiger partial charge in [-0.2, -0.15) is 6.29 Å². The predicted molar refractivity (Wildman–Crippen MR) is 57.2 cm³/mol. The minimum atomic E-state index is -1.78. The van der Waals surface area contributed by atoms with Crippen molar-refractivity contribution in [2.24, 2.45) is 5.73 Å². The summed E-state index contributed by atoms with van der Waals surface area (Å²) in [6, 6.07) is -0.701. The molecule has 1 saturated heterocycles. The fourth-order valence-corrected chi connectivity index (χ4v) is 0.713. The smallest absolute Gasteiger partial charge is 0.334 e. The van der Waals surface area contributed by atoms with Gasteiger partial charge in [0.15, 0.2) is 6.10 Å². The molecule has 1 fully saturated rings. The molecule has 1 aliphatic heterocycles. The van der Waals surface area contributed by atoms with E-state index >= 15 is 0 Å². The first-order valence-electron chi connectivity index (χ1n) is 4.41. The van der Waals surface area contributed by atoms with E-state index in [1.807, 2.05) is 0 Å². The molecule has 1 heterocycles. The van der Waals surface area contributed by atoms with E-state index in [1.54, 1.807) is 6.92 Å². The molecular formula is C9H22N2O6-2. The van der Waals surface area contributed by atoms with Crippen LogP contribution in [0.2, 0.25) is 0 Å². The van der Waals surface area contributed by atoms with Crippen molar-refractivity contribution >= 4 is 5.97 Å².